The minimum atomic E-state index is -0.0425. The van der Waals surface area contributed by atoms with E-state index in [4.69, 9.17) is 0 Å². The molecule has 0 saturated carbocycles. The Bertz CT molecular complexity index is 950. The van der Waals surface area contributed by atoms with Crippen LogP contribution in [-0.2, 0) is 11.3 Å². The highest BCUT2D eigenvalue weighted by molar-refractivity contribution is 7.99. The molecule has 0 aliphatic heterocycles. The lowest BCUT2D eigenvalue weighted by molar-refractivity contribution is -0.113. The molecule has 146 valence electrons. The van der Waals surface area contributed by atoms with Crippen molar-refractivity contribution in [1.29, 1.82) is 0 Å². The van der Waals surface area contributed by atoms with Crippen LogP contribution in [0.2, 0.25) is 0 Å². The third kappa shape index (κ3) is 4.81. The summed E-state index contributed by atoms with van der Waals surface area (Å²) >= 11 is 1.42. The van der Waals surface area contributed by atoms with Crippen LogP contribution in [0.25, 0.3) is 11.4 Å². The minimum Gasteiger partial charge on any atom is -0.325 e. The summed E-state index contributed by atoms with van der Waals surface area (Å²) < 4.78 is 2.11. The molecule has 0 aliphatic rings. The van der Waals surface area contributed by atoms with Crippen molar-refractivity contribution in [1.82, 2.24) is 14.8 Å². The van der Waals surface area contributed by atoms with Crippen LogP contribution < -0.4 is 5.32 Å². The molecular formula is C22H26N4OS. The lowest BCUT2D eigenvalue weighted by atomic mass is 10.1. The second-order valence-electron chi connectivity index (χ2n) is 7.26. The molecule has 0 aliphatic carbocycles. The van der Waals surface area contributed by atoms with Crippen molar-refractivity contribution < 1.29 is 4.79 Å². The van der Waals surface area contributed by atoms with Crippen molar-refractivity contribution in [3.63, 3.8) is 0 Å². The number of hydrogen-bond donors (Lipinski definition) is 1. The summed E-state index contributed by atoms with van der Waals surface area (Å²) in [5.74, 6) is 1.53. The van der Waals surface area contributed by atoms with Crippen molar-refractivity contribution in [2.24, 2.45) is 5.92 Å². The summed E-state index contributed by atoms with van der Waals surface area (Å²) in [6.07, 6.45) is 0. The van der Waals surface area contributed by atoms with Gasteiger partial charge in [0.2, 0.25) is 5.91 Å². The van der Waals surface area contributed by atoms with Gasteiger partial charge in [0.25, 0.3) is 0 Å². The van der Waals surface area contributed by atoms with Gasteiger partial charge < -0.3 is 9.88 Å². The average molecular weight is 395 g/mol. The maximum absolute atomic E-state index is 12.5. The van der Waals surface area contributed by atoms with Crippen LogP contribution in [0, 0.1) is 19.8 Å². The van der Waals surface area contributed by atoms with Crippen LogP contribution in [0.3, 0.4) is 0 Å². The molecule has 0 spiro atoms. The monoisotopic (exact) mass is 394 g/mol. The zero-order chi connectivity index (χ0) is 20.1. The molecule has 2 aromatic carbocycles. The molecule has 3 rings (SSSR count). The number of aryl methyl sites for hydroxylation is 1. The van der Waals surface area contributed by atoms with Crippen molar-refractivity contribution in [2.75, 3.05) is 11.1 Å². The molecule has 0 unspecified atom stereocenters. The Morgan fingerprint density at radius 3 is 2.54 bits per heavy atom. The number of thioether (sulfide) groups is 1. The molecule has 0 bridgehead atoms. The molecular weight excluding hydrogens is 368 g/mol. The lowest BCUT2D eigenvalue weighted by Crippen LogP contribution is -2.16. The number of hydrogen-bond acceptors (Lipinski definition) is 4. The number of nitrogens with one attached hydrogen (secondary N) is 1. The summed E-state index contributed by atoms with van der Waals surface area (Å²) in [6.45, 7) is 9.19. The Morgan fingerprint density at radius 2 is 1.82 bits per heavy atom. The van der Waals surface area contributed by atoms with E-state index >= 15 is 0 Å². The first-order chi connectivity index (χ1) is 13.5. The van der Waals surface area contributed by atoms with E-state index in [0.29, 0.717) is 11.7 Å². The first-order valence-electron chi connectivity index (χ1n) is 9.43. The molecule has 0 fully saturated rings. The third-order valence-electron chi connectivity index (χ3n) is 4.51. The highest BCUT2D eigenvalue weighted by Crippen LogP contribution is 2.25. The zero-order valence-corrected chi connectivity index (χ0v) is 17.6. The van der Waals surface area contributed by atoms with Gasteiger partial charge in [-0.3, -0.25) is 4.79 Å². The van der Waals surface area contributed by atoms with Gasteiger partial charge >= 0.3 is 0 Å². The van der Waals surface area contributed by atoms with Gasteiger partial charge in [0.1, 0.15) is 0 Å². The number of benzene rings is 2. The molecule has 3 aromatic rings. The summed E-state index contributed by atoms with van der Waals surface area (Å²) in [6, 6.07) is 16.0. The molecule has 0 radical (unpaired) electrons. The van der Waals surface area contributed by atoms with Crippen molar-refractivity contribution >= 4 is 23.4 Å². The van der Waals surface area contributed by atoms with E-state index in [-0.39, 0.29) is 5.91 Å². The number of anilines is 1. The van der Waals surface area contributed by atoms with Crippen molar-refractivity contribution in [3.8, 4) is 11.4 Å². The quantitative estimate of drug-likeness (QED) is 0.576. The van der Waals surface area contributed by atoms with Crippen molar-refractivity contribution in [2.45, 2.75) is 39.4 Å². The van der Waals surface area contributed by atoms with Crippen LogP contribution in [0.5, 0.6) is 0 Å². The molecule has 1 amide bonds. The number of amides is 1. The Kier molecular flexibility index (Phi) is 6.52. The van der Waals surface area contributed by atoms with Crippen molar-refractivity contribution in [3.05, 3.63) is 59.7 Å². The second-order valence-corrected chi connectivity index (χ2v) is 8.20. The van der Waals surface area contributed by atoms with E-state index in [1.165, 1.54) is 11.8 Å². The van der Waals surface area contributed by atoms with Crippen LogP contribution >= 0.6 is 11.8 Å². The Labute approximate surface area is 170 Å². The van der Waals surface area contributed by atoms with Gasteiger partial charge in [-0.1, -0.05) is 68.1 Å². The van der Waals surface area contributed by atoms with E-state index in [1.807, 2.05) is 62.4 Å². The molecule has 1 aromatic heterocycles. The summed E-state index contributed by atoms with van der Waals surface area (Å²) in [5.41, 5.74) is 4.14. The number of carbonyl (C=O) groups excluding carboxylic acids is 1. The molecule has 1 heterocycles. The predicted octanol–water partition coefficient (Wildman–Crippen LogP) is 4.95. The highest BCUT2D eigenvalue weighted by Gasteiger charge is 2.16. The van der Waals surface area contributed by atoms with Gasteiger partial charge in [-0.25, -0.2) is 0 Å². The second kappa shape index (κ2) is 9.06. The van der Waals surface area contributed by atoms with E-state index < -0.39 is 0 Å². The van der Waals surface area contributed by atoms with Gasteiger partial charge in [0.15, 0.2) is 11.0 Å². The summed E-state index contributed by atoms with van der Waals surface area (Å²) in [4.78, 5) is 12.5. The van der Waals surface area contributed by atoms with Gasteiger partial charge in [-0.2, -0.15) is 0 Å². The fourth-order valence-corrected chi connectivity index (χ4v) is 3.68. The van der Waals surface area contributed by atoms with Crippen LogP contribution in [0.4, 0.5) is 5.69 Å². The molecule has 28 heavy (non-hydrogen) atoms. The first-order valence-corrected chi connectivity index (χ1v) is 10.4. The minimum absolute atomic E-state index is 0.0425. The van der Waals surface area contributed by atoms with Crippen LogP contribution in [0.15, 0.2) is 53.7 Å². The largest absolute Gasteiger partial charge is 0.325 e. The maximum atomic E-state index is 12.5. The predicted molar refractivity (Wildman–Crippen MR) is 116 cm³/mol. The molecule has 6 heteroatoms. The van der Waals surface area contributed by atoms with Gasteiger partial charge in [0, 0.05) is 17.8 Å². The third-order valence-corrected chi connectivity index (χ3v) is 5.47. The molecule has 0 saturated heterocycles. The SMILES string of the molecule is Cc1cccc(NC(=O)CSc2nnc(-c3ccccc3)n2CC(C)C)c1C. The summed E-state index contributed by atoms with van der Waals surface area (Å²) in [5, 5.41) is 12.5. The lowest BCUT2D eigenvalue weighted by Gasteiger charge is -2.13. The number of nitrogens with zero attached hydrogens (tertiary/aromatic N) is 3. The summed E-state index contributed by atoms with van der Waals surface area (Å²) in [7, 11) is 0. The number of aromatic nitrogens is 3. The Balaban J connectivity index is 1.74. The molecule has 5 nitrogen and oxygen atoms in total. The van der Waals surface area contributed by atoms with E-state index in [2.05, 4.69) is 33.9 Å². The standard InChI is InChI=1S/C22H26N4OS/c1-15(2)13-26-21(18-10-6-5-7-11-18)24-25-22(26)28-14-20(27)23-19-12-8-9-16(3)17(19)4/h5-12,15H,13-14H2,1-4H3,(H,23,27). The number of rotatable bonds is 7. The van der Waals surface area contributed by atoms with E-state index in [9.17, 15) is 4.79 Å². The Hall–Kier alpha value is -2.60. The zero-order valence-electron chi connectivity index (χ0n) is 16.8. The topological polar surface area (TPSA) is 59.8 Å². The maximum Gasteiger partial charge on any atom is 0.234 e. The molecule has 1 N–H and O–H groups in total. The fourth-order valence-electron chi connectivity index (χ4n) is 2.93. The fraction of sp³-hybridized carbons (Fsp3) is 0.318. The van der Waals surface area contributed by atoms with Gasteiger partial charge in [0.05, 0.1) is 5.75 Å². The number of carbonyl (C=O) groups is 1. The van der Waals surface area contributed by atoms with Crippen LogP contribution in [-0.4, -0.2) is 26.4 Å². The first kappa shape index (κ1) is 20.1. The van der Waals surface area contributed by atoms with E-state index in [1.54, 1.807) is 0 Å². The van der Waals surface area contributed by atoms with E-state index in [0.717, 1.165) is 39.9 Å². The molecule has 0 atom stereocenters. The van der Waals surface area contributed by atoms with Gasteiger partial charge in [-0.05, 0) is 37.0 Å². The average Bonchev–Trinajstić information content (AvgIpc) is 3.06. The van der Waals surface area contributed by atoms with Crippen LogP contribution in [0.1, 0.15) is 25.0 Å². The smallest absolute Gasteiger partial charge is 0.234 e. The highest BCUT2D eigenvalue weighted by atomic mass is 32.2. The normalized spacial score (nSPS) is 11.0. The Morgan fingerprint density at radius 1 is 1.07 bits per heavy atom. The van der Waals surface area contributed by atoms with Gasteiger partial charge in [-0.15, -0.1) is 10.2 Å².